The molecule has 0 spiro atoms. The number of hydrogen-bond acceptors (Lipinski definition) is 3. The van der Waals surface area contributed by atoms with Gasteiger partial charge in [0, 0.05) is 32.7 Å². The van der Waals surface area contributed by atoms with E-state index in [2.05, 4.69) is 4.90 Å². The number of carboxylic acid groups (broad SMARTS) is 1. The lowest BCUT2D eigenvalue weighted by atomic mass is 10.1. The van der Waals surface area contributed by atoms with Gasteiger partial charge in [0.05, 0.1) is 21.2 Å². The molecule has 1 aliphatic heterocycles. The Morgan fingerprint density at radius 1 is 0.923 bits per heavy atom. The van der Waals surface area contributed by atoms with Crippen molar-refractivity contribution in [3.8, 4) is 0 Å². The maximum Gasteiger partial charge on any atom is 0.335 e. The standard InChI is InChI=1S/C19H18Cl2N2O3/c20-15-2-1-3-16(21)17(15)18(24)23-10-8-22(9-11-23)12-13-4-6-14(7-5-13)19(25)26/h1-7H,8-12H2,(H,25,26). The van der Waals surface area contributed by atoms with Gasteiger partial charge in [0.1, 0.15) is 0 Å². The summed E-state index contributed by atoms with van der Waals surface area (Å²) in [6.07, 6.45) is 0. The summed E-state index contributed by atoms with van der Waals surface area (Å²) in [7, 11) is 0. The maximum atomic E-state index is 12.7. The fourth-order valence-electron chi connectivity index (χ4n) is 2.98. The van der Waals surface area contributed by atoms with Crippen LogP contribution in [0, 0.1) is 0 Å². The number of hydrogen-bond donors (Lipinski definition) is 1. The van der Waals surface area contributed by atoms with Gasteiger partial charge < -0.3 is 10.0 Å². The van der Waals surface area contributed by atoms with Gasteiger partial charge >= 0.3 is 5.97 Å². The summed E-state index contributed by atoms with van der Waals surface area (Å²) < 4.78 is 0. The van der Waals surface area contributed by atoms with Crippen molar-refractivity contribution >= 4 is 35.1 Å². The molecule has 5 nitrogen and oxygen atoms in total. The van der Waals surface area contributed by atoms with Gasteiger partial charge in [-0.25, -0.2) is 4.79 Å². The molecule has 1 aliphatic rings. The van der Waals surface area contributed by atoms with Crippen LogP contribution < -0.4 is 0 Å². The van der Waals surface area contributed by atoms with E-state index in [1.165, 1.54) is 0 Å². The van der Waals surface area contributed by atoms with E-state index in [0.29, 0.717) is 28.7 Å². The summed E-state index contributed by atoms with van der Waals surface area (Å²) in [5, 5.41) is 9.67. The molecule has 1 amide bonds. The molecule has 1 saturated heterocycles. The van der Waals surface area contributed by atoms with Crippen LogP contribution in [0.1, 0.15) is 26.3 Å². The van der Waals surface area contributed by atoms with Gasteiger partial charge in [-0.1, -0.05) is 41.4 Å². The first-order chi connectivity index (χ1) is 12.5. The number of nitrogens with zero attached hydrogens (tertiary/aromatic N) is 2. The molecule has 0 radical (unpaired) electrons. The minimum absolute atomic E-state index is 0.147. The Morgan fingerprint density at radius 2 is 1.50 bits per heavy atom. The Bertz CT molecular complexity index is 796. The summed E-state index contributed by atoms with van der Waals surface area (Å²) in [5.74, 6) is -1.08. The predicted molar refractivity (Wildman–Crippen MR) is 101 cm³/mol. The van der Waals surface area contributed by atoms with Crippen LogP contribution in [0.2, 0.25) is 10.0 Å². The summed E-state index contributed by atoms with van der Waals surface area (Å²) in [4.78, 5) is 27.6. The second kappa shape index (κ2) is 8.08. The minimum atomic E-state index is -0.929. The first kappa shape index (κ1) is 18.7. The molecule has 0 unspecified atom stereocenters. The Morgan fingerprint density at radius 3 is 2.04 bits per heavy atom. The summed E-state index contributed by atoms with van der Waals surface area (Å²) in [6.45, 7) is 3.36. The molecule has 2 aromatic rings. The van der Waals surface area contributed by atoms with Crippen molar-refractivity contribution in [3.05, 3.63) is 69.2 Å². The van der Waals surface area contributed by atoms with Gasteiger partial charge in [-0.3, -0.25) is 9.69 Å². The van der Waals surface area contributed by atoms with Crippen LogP contribution in [0.15, 0.2) is 42.5 Å². The van der Waals surface area contributed by atoms with Crippen molar-refractivity contribution in [1.82, 2.24) is 9.80 Å². The average molecular weight is 393 g/mol. The number of halogens is 2. The zero-order valence-corrected chi connectivity index (χ0v) is 15.5. The lowest BCUT2D eigenvalue weighted by molar-refractivity contribution is 0.0628. The van der Waals surface area contributed by atoms with Crippen LogP contribution in [0.25, 0.3) is 0 Å². The highest BCUT2D eigenvalue weighted by Gasteiger charge is 2.25. The van der Waals surface area contributed by atoms with E-state index in [-0.39, 0.29) is 11.5 Å². The third-order valence-corrected chi connectivity index (χ3v) is 5.07. The largest absolute Gasteiger partial charge is 0.478 e. The number of carbonyl (C=O) groups excluding carboxylic acids is 1. The van der Waals surface area contributed by atoms with Gasteiger partial charge in [-0.2, -0.15) is 0 Å². The van der Waals surface area contributed by atoms with Gasteiger partial charge in [0.2, 0.25) is 0 Å². The van der Waals surface area contributed by atoms with E-state index in [4.69, 9.17) is 28.3 Å². The van der Waals surface area contributed by atoms with E-state index >= 15 is 0 Å². The molecule has 1 heterocycles. The fourth-order valence-corrected chi connectivity index (χ4v) is 3.54. The molecule has 0 saturated carbocycles. The monoisotopic (exact) mass is 392 g/mol. The van der Waals surface area contributed by atoms with Gasteiger partial charge in [0.25, 0.3) is 5.91 Å². The van der Waals surface area contributed by atoms with Crippen molar-refractivity contribution in [2.75, 3.05) is 26.2 Å². The van der Waals surface area contributed by atoms with Crippen LogP contribution >= 0.6 is 23.2 Å². The third-order valence-electron chi connectivity index (χ3n) is 4.44. The Labute approximate surface area is 161 Å². The zero-order valence-electron chi connectivity index (χ0n) is 14.0. The molecule has 26 heavy (non-hydrogen) atoms. The normalized spacial score (nSPS) is 15.1. The second-order valence-electron chi connectivity index (χ2n) is 6.17. The Hall–Kier alpha value is -2.08. The van der Waals surface area contributed by atoms with E-state index in [0.717, 1.165) is 25.2 Å². The topological polar surface area (TPSA) is 60.9 Å². The first-order valence-corrected chi connectivity index (χ1v) is 8.99. The summed E-state index contributed by atoms with van der Waals surface area (Å²) in [6, 6.07) is 11.9. The van der Waals surface area contributed by atoms with Gasteiger partial charge in [-0.05, 0) is 29.8 Å². The Kier molecular flexibility index (Phi) is 5.81. The van der Waals surface area contributed by atoms with E-state index in [1.807, 2.05) is 12.1 Å². The van der Waals surface area contributed by atoms with Gasteiger partial charge in [0.15, 0.2) is 0 Å². The molecular formula is C19H18Cl2N2O3. The number of rotatable bonds is 4. The number of benzene rings is 2. The van der Waals surface area contributed by atoms with Crippen LogP contribution in [-0.2, 0) is 6.54 Å². The Balaban J connectivity index is 1.59. The summed E-state index contributed by atoms with van der Waals surface area (Å²) in [5.41, 5.74) is 1.68. The molecular weight excluding hydrogens is 375 g/mol. The highest BCUT2D eigenvalue weighted by molar-refractivity contribution is 6.39. The first-order valence-electron chi connectivity index (χ1n) is 8.23. The molecule has 0 bridgehead atoms. The molecule has 2 aromatic carbocycles. The highest BCUT2D eigenvalue weighted by Crippen LogP contribution is 2.26. The SMILES string of the molecule is O=C(O)c1ccc(CN2CCN(C(=O)c3c(Cl)cccc3Cl)CC2)cc1. The number of piperazine rings is 1. The number of carboxylic acids is 1. The van der Waals surface area contributed by atoms with Crippen LogP contribution in [0.4, 0.5) is 0 Å². The average Bonchev–Trinajstić information content (AvgIpc) is 2.62. The van der Waals surface area contributed by atoms with Crippen molar-refractivity contribution in [2.24, 2.45) is 0 Å². The quantitative estimate of drug-likeness (QED) is 0.862. The van der Waals surface area contributed by atoms with E-state index < -0.39 is 5.97 Å². The van der Waals surface area contributed by atoms with Crippen LogP contribution in [0.5, 0.6) is 0 Å². The molecule has 3 rings (SSSR count). The second-order valence-corrected chi connectivity index (χ2v) is 6.98. The predicted octanol–water partition coefficient (Wildman–Crippen LogP) is 3.65. The maximum absolute atomic E-state index is 12.7. The smallest absolute Gasteiger partial charge is 0.335 e. The highest BCUT2D eigenvalue weighted by atomic mass is 35.5. The summed E-state index contributed by atoms with van der Waals surface area (Å²) >= 11 is 12.3. The van der Waals surface area contributed by atoms with E-state index in [9.17, 15) is 9.59 Å². The zero-order chi connectivity index (χ0) is 18.7. The van der Waals surface area contributed by atoms with Crippen LogP contribution in [0.3, 0.4) is 0 Å². The van der Waals surface area contributed by atoms with Crippen molar-refractivity contribution in [1.29, 1.82) is 0 Å². The molecule has 136 valence electrons. The molecule has 0 aromatic heterocycles. The third kappa shape index (κ3) is 4.18. The van der Waals surface area contributed by atoms with Crippen molar-refractivity contribution < 1.29 is 14.7 Å². The van der Waals surface area contributed by atoms with Gasteiger partial charge in [-0.15, -0.1) is 0 Å². The molecule has 1 fully saturated rings. The minimum Gasteiger partial charge on any atom is -0.478 e. The molecule has 0 aliphatic carbocycles. The van der Waals surface area contributed by atoms with E-state index in [1.54, 1.807) is 35.2 Å². The number of amides is 1. The van der Waals surface area contributed by atoms with Crippen molar-refractivity contribution in [3.63, 3.8) is 0 Å². The molecule has 7 heteroatoms. The van der Waals surface area contributed by atoms with Crippen LogP contribution in [-0.4, -0.2) is 53.0 Å². The number of carbonyl (C=O) groups is 2. The molecule has 0 atom stereocenters. The lowest BCUT2D eigenvalue weighted by Gasteiger charge is -2.35. The molecule has 1 N–H and O–H groups in total. The fraction of sp³-hybridized carbons (Fsp3) is 0.263. The number of aromatic carboxylic acids is 1. The lowest BCUT2D eigenvalue weighted by Crippen LogP contribution is -2.48. The van der Waals surface area contributed by atoms with Crippen molar-refractivity contribution in [2.45, 2.75) is 6.54 Å².